The summed E-state index contributed by atoms with van der Waals surface area (Å²) in [6, 6.07) is 5.89. The summed E-state index contributed by atoms with van der Waals surface area (Å²) >= 11 is 1.24. The molecule has 1 aromatic carbocycles. The van der Waals surface area contributed by atoms with Gasteiger partial charge in [-0.05, 0) is 57.1 Å². The van der Waals surface area contributed by atoms with Gasteiger partial charge in [0.15, 0.2) is 6.61 Å². The van der Waals surface area contributed by atoms with Crippen molar-refractivity contribution in [1.82, 2.24) is 25.0 Å². The standard InChI is InChI=1S/C26H32F3N5O2S/c1-33-15-18-3-2-4-20(23(18)32-33)24(35)30-19-7-5-17(6-8-19)9-12-34-13-10-21-22(11-14-34)37-25(31-21)36-16-26(27,28)29/h2-4,15,17,19H,5-14,16H2,1H3,(H,30,35)/t17-,19-. The van der Waals surface area contributed by atoms with Crippen LogP contribution in [0.25, 0.3) is 10.9 Å². The van der Waals surface area contributed by atoms with Gasteiger partial charge >= 0.3 is 6.18 Å². The zero-order chi connectivity index (χ0) is 26.0. The number of rotatable bonds is 7. The minimum absolute atomic E-state index is 0.0506. The highest BCUT2D eigenvalue weighted by atomic mass is 32.1. The van der Waals surface area contributed by atoms with Crippen LogP contribution in [-0.4, -0.2) is 64.0 Å². The lowest BCUT2D eigenvalue weighted by Gasteiger charge is -2.30. The molecule has 1 fully saturated rings. The number of nitrogens with zero attached hydrogens (tertiary/aromatic N) is 4. The van der Waals surface area contributed by atoms with Gasteiger partial charge in [-0.25, -0.2) is 4.98 Å². The number of halogens is 3. The smallest absolute Gasteiger partial charge is 0.422 e. The van der Waals surface area contributed by atoms with Crippen LogP contribution in [0, 0.1) is 5.92 Å². The molecule has 200 valence electrons. The van der Waals surface area contributed by atoms with Crippen LogP contribution < -0.4 is 10.1 Å². The molecule has 1 aliphatic heterocycles. The third-order valence-electron chi connectivity index (χ3n) is 7.37. The molecule has 0 radical (unpaired) electrons. The Morgan fingerprint density at radius 1 is 1.19 bits per heavy atom. The predicted molar refractivity (Wildman–Crippen MR) is 136 cm³/mol. The molecular weight excluding hydrogens is 503 g/mol. The average molecular weight is 536 g/mol. The number of fused-ring (bicyclic) bond motifs is 2. The Morgan fingerprint density at radius 3 is 2.76 bits per heavy atom. The van der Waals surface area contributed by atoms with Gasteiger partial charge in [0.05, 0.1) is 11.3 Å². The minimum atomic E-state index is -4.35. The van der Waals surface area contributed by atoms with Gasteiger partial charge in [-0.2, -0.15) is 18.3 Å². The minimum Gasteiger partial charge on any atom is -0.460 e. The summed E-state index contributed by atoms with van der Waals surface area (Å²) in [6.45, 7) is 1.46. The lowest BCUT2D eigenvalue weighted by Crippen LogP contribution is -2.38. The molecule has 0 saturated heterocycles. The van der Waals surface area contributed by atoms with Gasteiger partial charge in [0.25, 0.3) is 11.1 Å². The van der Waals surface area contributed by atoms with Crippen LogP contribution in [0.2, 0.25) is 0 Å². The van der Waals surface area contributed by atoms with E-state index in [0.717, 1.165) is 86.1 Å². The highest BCUT2D eigenvalue weighted by Crippen LogP contribution is 2.31. The van der Waals surface area contributed by atoms with Gasteiger partial charge in [-0.3, -0.25) is 9.48 Å². The van der Waals surface area contributed by atoms with Crippen LogP contribution in [0.4, 0.5) is 13.2 Å². The summed E-state index contributed by atoms with van der Waals surface area (Å²) in [4.78, 5) is 20.7. The zero-order valence-electron chi connectivity index (χ0n) is 20.9. The van der Waals surface area contributed by atoms with Crippen molar-refractivity contribution in [3.63, 3.8) is 0 Å². The van der Waals surface area contributed by atoms with E-state index in [0.29, 0.717) is 11.5 Å². The molecule has 7 nitrogen and oxygen atoms in total. The zero-order valence-corrected chi connectivity index (χ0v) is 21.7. The van der Waals surface area contributed by atoms with Gasteiger partial charge in [0.2, 0.25) is 0 Å². The normalized spacial score (nSPS) is 21.0. The van der Waals surface area contributed by atoms with E-state index in [1.807, 2.05) is 31.4 Å². The third kappa shape index (κ3) is 6.62. The van der Waals surface area contributed by atoms with E-state index in [1.54, 1.807) is 4.68 Å². The van der Waals surface area contributed by atoms with E-state index in [1.165, 1.54) is 11.3 Å². The maximum Gasteiger partial charge on any atom is 0.422 e. The van der Waals surface area contributed by atoms with Crippen LogP contribution in [0.3, 0.4) is 0 Å². The van der Waals surface area contributed by atoms with Crippen molar-refractivity contribution in [3.8, 4) is 5.19 Å². The highest BCUT2D eigenvalue weighted by molar-refractivity contribution is 7.13. The molecule has 1 amide bonds. The Kier molecular flexibility index (Phi) is 7.71. The second-order valence-electron chi connectivity index (χ2n) is 10.1. The number of thiazole rings is 1. The number of nitrogens with one attached hydrogen (secondary N) is 1. The SMILES string of the molecule is Cn1cc2cccc(C(=O)N[C@H]3CC[C@H](CCN4CCc5nc(OCC(F)(F)F)sc5CC4)CC3)c2n1. The highest BCUT2D eigenvalue weighted by Gasteiger charge is 2.30. The average Bonchev–Trinajstić information content (AvgIpc) is 3.39. The second kappa shape index (κ2) is 11.0. The second-order valence-corrected chi connectivity index (χ2v) is 11.2. The van der Waals surface area contributed by atoms with Crippen LogP contribution in [0.5, 0.6) is 5.19 Å². The Morgan fingerprint density at radius 2 is 1.97 bits per heavy atom. The lowest BCUT2D eigenvalue weighted by molar-refractivity contribution is -0.153. The molecule has 37 heavy (non-hydrogen) atoms. The molecule has 3 aromatic rings. The van der Waals surface area contributed by atoms with E-state index in [2.05, 4.69) is 20.3 Å². The molecule has 2 aromatic heterocycles. The first-order valence-electron chi connectivity index (χ1n) is 12.9. The van der Waals surface area contributed by atoms with Gasteiger partial charge in [-0.15, -0.1) is 0 Å². The van der Waals surface area contributed by atoms with Gasteiger partial charge in [0, 0.05) is 49.1 Å². The number of aromatic nitrogens is 3. The molecule has 0 bridgehead atoms. The van der Waals surface area contributed by atoms with E-state index < -0.39 is 12.8 Å². The summed E-state index contributed by atoms with van der Waals surface area (Å²) in [5.41, 5.74) is 2.24. The number of benzene rings is 1. The first kappa shape index (κ1) is 26.0. The molecular formula is C26H32F3N5O2S. The van der Waals surface area contributed by atoms with Crippen molar-refractivity contribution in [1.29, 1.82) is 0 Å². The summed E-state index contributed by atoms with van der Waals surface area (Å²) in [5, 5.41) is 8.76. The van der Waals surface area contributed by atoms with Crippen molar-refractivity contribution in [2.75, 3.05) is 26.2 Å². The number of alkyl halides is 3. The summed E-state index contributed by atoms with van der Waals surface area (Å²) in [7, 11) is 1.86. The number of aryl methyl sites for hydroxylation is 1. The molecule has 11 heteroatoms. The number of ether oxygens (including phenoxy) is 1. The number of carbonyl (C=O) groups is 1. The molecule has 5 rings (SSSR count). The van der Waals surface area contributed by atoms with Gasteiger partial charge in [0.1, 0.15) is 5.52 Å². The summed E-state index contributed by atoms with van der Waals surface area (Å²) in [6.07, 6.45) is 4.39. The van der Waals surface area contributed by atoms with Crippen molar-refractivity contribution < 1.29 is 22.7 Å². The maximum absolute atomic E-state index is 12.9. The molecule has 2 aliphatic rings. The molecule has 0 spiro atoms. The summed E-state index contributed by atoms with van der Waals surface area (Å²) in [5.74, 6) is 0.593. The fourth-order valence-electron chi connectivity index (χ4n) is 5.39. The van der Waals surface area contributed by atoms with Crippen LogP contribution in [0.1, 0.15) is 53.0 Å². The fourth-order valence-corrected chi connectivity index (χ4v) is 6.33. The van der Waals surface area contributed by atoms with E-state index in [-0.39, 0.29) is 17.1 Å². The number of hydrogen-bond acceptors (Lipinski definition) is 6. The molecule has 0 atom stereocenters. The monoisotopic (exact) mass is 535 g/mol. The predicted octanol–water partition coefficient (Wildman–Crippen LogP) is 4.75. The number of amides is 1. The van der Waals surface area contributed by atoms with Gasteiger partial charge in [-0.1, -0.05) is 23.5 Å². The fraction of sp³-hybridized carbons (Fsp3) is 0.577. The Hall–Kier alpha value is -2.66. The Balaban J connectivity index is 1.04. The Labute approximate surface area is 218 Å². The van der Waals surface area contributed by atoms with Crippen molar-refractivity contribution in [3.05, 3.63) is 40.5 Å². The van der Waals surface area contributed by atoms with E-state index >= 15 is 0 Å². The van der Waals surface area contributed by atoms with Crippen LogP contribution in [0.15, 0.2) is 24.4 Å². The van der Waals surface area contributed by atoms with E-state index in [9.17, 15) is 18.0 Å². The number of carbonyl (C=O) groups excluding carboxylic acids is 1. The number of hydrogen-bond donors (Lipinski definition) is 1. The maximum atomic E-state index is 12.9. The molecule has 0 unspecified atom stereocenters. The first-order valence-corrected chi connectivity index (χ1v) is 13.7. The van der Waals surface area contributed by atoms with Crippen molar-refractivity contribution >= 4 is 28.1 Å². The van der Waals surface area contributed by atoms with Crippen LogP contribution >= 0.6 is 11.3 Å². The molecule has 1 aliphatic carbocycles. The Bertz CT molecular complexity index is 1210. The third-order valence-corrected chi connectivity index (χ3v) is 8.44. The summed E-state index contributed by atoms with van der Waals surface area (Å²) < 4.78 is 43.8. The molecule has 1 N–H and O–H groups in total. The van der Waals surface area contributed by atoms with Crippen molar-refractivity contribution in [2.45, 2.75) is 57.2 Å². The molecule has 1 saturated carbocycles. The first-order chi connectivity index (χ1) is 17.7. The van der Waals surface area contributed by atoms with Crippen LogP contribution in [-0.2, 0) is 19.9 Å². The largest absolute Gasteiger partial charge is 0.460 e. The molecule has 3 heterocycles. The lowest BCUT2D eigenvalue weighted by atomic mass is 9.84. The van der Waals surface area contributed by atoms with Crippen molar-refractivity contribution in [2.24, 2.45) is 13.0 Å². The topological polar surface area (TPSA) is 72.3 Å². The van der Waals surface area contributed by atoms with Gasteiger partial charge < -0.3 is 15.0 Å². The quantitative estimate of drug-likeness (QED) is 0.473. The van der Waals surface area contributed by atoms with E-state index in [4.69, 9.17) is 4.74 Å².